The Morgan fingerprint density at radius 3 is 2.72 bits per heavy atom. The first kappa shape index (κ1) is 12.9. The van der Waals surface area contributed by atoms with Crippen LogP contribution in [0.5, 0.6) is 11.5 Å². The molecule has 4 nitrogen and oxygen atoms in total. The number of carbonyl (C=O) groups excluding carboxylic acids is 1. The molecular weight excluding hydrogens is 232 g/mol. The molecule has 0 saturated heterocycles. The monoisotopic (exact) mass is 250 g/mol. The van der Waals surface area contributed by atoms with E-state index in [1.54, 1.807) is 19.2 Å². The predicted octanol–water partition coefficient (Wildman–Crippen LogP) is 1.97. The first-order chi connectivity index (χ1) is 8.36. The van der Waals surface area contributed by atoms with Crippen LogP contribution in [0.1, 0.15) is 36.7 Å². The third-order valence-corrected chi connectivity index (χ3v) is 3.38. The van der Waals surface area contributed by atoms with Gasteiger partial charge in [0.05, 0.1) is 18.8 Å². The molecule has 0 aliphatic carbocycles. The molecule has 1 heterocycles. The zero-order chi connectivity index (χ0) is 13.5. The molecule has 0 aromatic heterocycles. The van der Waals surface area contributed by atoms with Gasteiger partial charge in [0.15, 0.2) is 5.78 Å². The van der Waals surface area contributed by atoms with E-state index in [1.165, 1.54) is 6.92 Å². The Morgan fingerprint density at radius 2 is 2.17 bits per heavy atom. The number of carbonyl (C=O) groups is 1. The van der Waals surface area contributed by atoms with Gasteiger partial charge in [-0.25, -0.2) is 0 Å². The maximum atomic E-state index is 11.6. The number of hydrogen-bond donors (Lipinski definition) is 1. The third-order valence-electron chi connectivity index (χ3n) is 3.38. The van der Waals surface area contributed by atoms with Crippen LogP contribution in [0.15, 0.2) is 12.1 Å². The Labute approximate surface area is 107 Å². The summed E-state index contributed by atoms with van der Waals surface area (Å²) in [5.41, 5.74) is 0.589. The van der Waals surface area contributed by atoms with Gasteiger partial charge in [-0.3, -0.25) is 4.79 Å². The number of methoxy groups -OCH3 is 1. The van der Waals surface area contributed by atoms with E-state index in [9.17, 15) is 9.90 Å². The molecule has 98 valence electrons. The Bertz CT molecular complexity index is 491. The minimum absolute atomic E-state index is 0.0545. The highest BCUT2D eigenvalue weighted by atomic mass is 16.5. The highest BCUT2D eigenvalue weighted by molar-refractivity contribution is 5.97. The lowest BCUT2D eigenvalue weighted by atomic mass is 9.89. The number of rotatable bonds is 2. The Morgan fingerprint density at radius 1 is 1.50 bits per heavy atom. The van der Waals surface area contributed by atoms with E-state index >= 15 is 0 Å². The summed E-state index contributed by atoms with van der Waals surface area (Å²) in [6.45, 7) is 5.12. The van der Waals surface area contributed by atoms with Gasteiger partial charge in [-0.15, -0.1) is 0 Å². The Balaban J connectivity index is 2.61. The first-order valence-corrected chi connectivity index (χ1v) is 5.94. The van der Waals surface area contributed by atoms with Crippen LogP contribution >= 0.6 is 0 Å². The molecule has 4 heteroatoms. The molecule has 0 saturated carbocycles. The number of aliphatic hydroxyl groups excluding tert-OH is 1. The van der Waals surface area contributed by atoms with Crippen LogP contribution < -0.4 is 9.47 Å². The maximum absolute atomic E-state index is 11.6. The van der Waals surface area contributed by atoms with Crippen molar-refractivity contribution in [1.29, 1.82) is 0 Å². The average Bonchev–Trinajstić information content (AvgIpc) is 2.28. The van der Waals surface area contributed by atoms with Crippen molar-refractivity contribution in [1.82, 2.24) is 0 Å². The molecule has 1 atom stereocenters. The van der Waals surface area contributed by atoms with Gasteiger partial charge in [0.2, 0.25) is 0 Å². The molecule has 0 spiro atoms. The molecule has 0 fully saturated rings. The van der Waals surface area contributed by atoms with Crippen molar-refractivity contribution in [3.63, 3.8) is 0 Å². The Kier molecular flexibility index (Phi) is 3.07. The third kappa shape index (κ3) is 1.97. The molecule has 0 radical (unpaired) electrons. The molecule has 1 aromatic carbocycles. The SMILES string of the molecule is COc1ccc(C(C)=O)c2c1CC(O)C(C)(C)O2. The van der Waals surface area contributed by atoms with Crippen LogP contribution in [-0.2, 0) is 6.42 Å². The number of benzene rings is 1. The zero-order valence-corrected chi connectivity index (χ0v) is 11.1. The summed E-state index contributed by atoms with van der Waals surface area (Å²) in [5.74, 6) is 1.13. The van der Waals surface area contributed by atoms with Gasteiger partial charge in [-0.05, 0) is 32.9 Å². The Hall–Kier alpha value is -1.55. The largest absolute Gasteiger partial charge is 0.496 e. The zero-order valence-electron chi connectivity index (χ0n) is 11.1. The van der Waals surface area contributed by atoms with Gasteiger partial charge in [0.25, 0.3) is 0 Å². The van der Waals surface area contributed by atoms with Crippen molar-refractivity contribution in [3.05, 3.63) is 23.3 Å². The van der Waals surface area contributed by atoms with Crippen LogP contribution in [0, 0.1) is 0 Å². The van der Waals surface area contributed by atoms with Crippen molar-refractivity contribution < 1.29 is 19.4 Å². The van der Waals surface area contributed by atoms with E-state index < -0.39 is 11.7 Å². The topological polar surface area (TPSA) is 55.8 Å². The molecular formula is C14H18O4. The van der Waals surface area contributed by atoms with Gasteiger partial charge < -0.3 is 14.6 Å². The fourth-order valence-electron chi connectivity index (χ4n) is 2.16. The molecule has 1 aliphatic rings. The normalized spacial score (nSPS) is 20.8. The summed E-state index contributed by atoms with van der Waals surface area (Å²) in [5, 5.41) is 10.1. The standard InChI is InChI=1S/C14H18O4/c1-8(15)9-5-6-11(17-4)10-7-12(16)14(2,3)18-13(9)10/h5-6,12,16H,7H2,1-4H3. The summed E-state index contributed by atoms with van der Waals surface area (Å²) >= 11 is 0. The summed E-state index contributed by atoms with van der Waals surface area (Å²) in [4.78, 5) is 11.6. The van der Waals surface area contributed by atoms with Gasteiger partial charge in [0.1, 0.15) is 17.1 Å². The van der Waals surface area contributed by atoms with Crippen LogP contribution in [0.4, 0.5) is 0 Å². The van der Waals surface area contributed by atoms with E-state index in [2.05, 4.69) is 0 Å². The van der Waals surface area contributed by atoms with E-state index in [0.717, 1.165) is 5.56 Å². The van der Waals surface area contributed by atoms with Crippen LogP contribution in [0.3, 0.4) is 0 Å². The first-order valence-electron chi connectivity index (χ1n) is 5.94. The van der Waals surface area contributed by atoms with Crippen LogP contribution in [-0.4, -0.2) is 29.7 Å². The molecule has 1 N–H and O–H groups in total. The number of ether oxygens (including phenoxy) is 2. The van der Waals surface area contributed by atoms with Gasteiger partial charge in [-0.1, -0.05) is 0 Å². The number of hydrogen-bond acceptors (Lipinski definition) is 4. The molecule has 0 amide bonds. The van der Waals surface area contributed by atoms with E-state index in [1.807, 2.05) is 13.8 Å². The van der Waals surface area contributed by atoms with E-state index in [0.29, 0.717) is 23.5 Å². The maximum Gasteiger partial charge on any atom is 0.163 e. The second-order valence-corrected chi connectivity index (χ2v) is 5.10. The van der Waals surface area contributed by atoms with E-state index in [4.69, 9.17) is 9.47 Å². The fraction of sp³-hybridized carbons (Fsp3) is 0.500. The second kappa shape index (κ2) is 4.28. The van der Waals surface area contributed by atoms with Gasteiger partial charge in [-0.2, -0.15) is 0 Å². The summed E-state index contributed by atoms with van der Waals surface area (Å²) < 4.78 is 11.1. The van der Waals surface area contributed by atoms with Gasteiger partial charge >= 0.3 is 0 Å². The lowest BCUT2D eigenvalue weighted by Crippen LogP contribution is -2.46. The lowest BCUT2D eigenvalue weighted by molar-refractivity contribution is -0.0420. The highest BCUT2D eigenvalue weighted by Gasteiger charge is 2.38. The molecule has 1 aliphatic heterocycles. The predicted molar refractivity (Wildman–Crippen MR) is 67.4 cm³/mol. The molecule has 1 unspecified atom stereocenters. The average molecular weight is 250 g/mol. The highest BCUT2D eigenvalue weighted by Crippen LogP contribution is 2.41. The molecule has 18 heavy (non-hydrogen) atoms. The molecule has 1 aromatic rings. The van der Waals surface area contributed by atoms with Crippen molar-refractivity contribution in [2.75, 3.05) is 7.11 Å². The molecule has 0 bridgehead atoms. The van der Waals surface area contributed by atoms with E-state index in [-0.39, 0.29) is 5.78 Å². The van der Waals surface area contributed by atoms with Crippen molar-refractivity contribution in [2.45, 2.75) is 38.9 Å². The smallest absolute Gasteiger partial charge is 0.163 e. The van der Waals surface area contributed by atoms with Gasteiger partial charge in [0, 0.05) is 12.0 Å². The number of fused-ring (bicyclic) bond motifs is 1. The minimum Gasteiger partial charge on any atom is -0.496 e. The summed E-state index contributed by atoms with van der Waals surface area (Å²) in [6.07, 6.45) is -0.201. The summed E-state index contributed by atoms with van der Waals surface area (Å²) in [7, 11) is 1.56. The lowest BCUT2D eigenvalue weighted by Gasteiger charge is -2.38. The number of Topliss-reactive ketones (excluding diaryl/α,β-unsaturated/α-hetero) is 1. The fourth-order valence-corrected chi connectivity index (χ4v) is 2.16. The van der Waals surface area contributed by atoms with Crippen LogP contribution in [0.2, 0.25) is 0 Å². The quantitative estimate of drug-likeness (QED) is 0.815. The van der Waals surface area contributed by atoms with Crippen molar-refractivity contribution in [2.24, 2.45) is 0 Å². The minimum atomic E-state index is -0.705. The molecule has 2 rings (SSSR count). The second-order valence-electron chi connectivity index (χ2n) is 5.10. The van der Waals surface area contributed by atoms with Crippen molar-refractivity contribution >= 4 is 5.78 Å². The summed E-state index contributed by atoms with van der Waals surface area (Å²) in [6, 6.07) is 3.44. The van der Waals surface area contributed by atoms with Crippen molar-refractivity contribution in [3.8, 4) is 11.5 Å². The van der Waals surface area contributed by atoms with Crippen LogP contribution in [0.25, 0.3) is 0 Å². The number of ketones is 1. The number of aliphatic hydroxyl groups is 1.